The van der Waals surface area contributed by atoms with E-state index in [0.717, 1.165) is 0 Å². The van der Waals surface area contributed by atoms with Crippen molar-refractivity contribution < 1.29 is 0 Å². The quantitative estimate of drug-likeness (QED) is 0.195. The standard InChI is InChI=1S/C24H24N2Si.C18H15B/c1-19-8-12-21(13-9-19)24(26-17-16-25-18-26,22-14-10-20(2)11-15-22)27-23-6-4-3-5-7-23;1-4-10-16(11-5-1)19(17-12-6-2-7-13-17)18-14-8-3-9-15-18/h3-18H,27H2,1-2H3;1-15H. The fourth-order valence-corrected chi connectivity index (χ4v) is 8.66. The molecule has 0 unspecified atom stereocenters. The SMILES string of the molecule is Cc1ccc(C([SiH2]c2ccccc2)(c2ccc(C)cc2)n2ccnc2)cc1.c1ccc(B(c2ccccc2)c2ccccc2)cc1. The fraction of sp³-hybridized carbons (Fsp3) is 0.0714. The van der Waals surface area contributed by atoms with Crippen LogP contribution < -0.4 is 21.6 Å². The van der Waals surface area contributed by atoms with E-state index in [4.69, 9.17) is 0 Å². The van der Waals surface area contributed by atoms with Crippen LogP contribution in [0, 0.1) is 13.8 Å². The third-order valence-corrected chi connectivity index (χ3v) is 11.3. The Balaban J connectivity index is 0.000000172. The first-order chi connectivity index (χ1) is 22.6. The Morgan fingerprint density at radius 3 is 1.26 bits per heavy atom. The van der Waals surface area contributed by atoms with E-state index in [2.05, 4.69) is 199 Å². The molecule has 0 aliphatic heterocycles. The summed E-state index contributed by atoms with van der Waals surface area (Å²) in [6, 6.07) is 60.9. The normalized spacial score (nSPS) is 11.2. The topological polar surface area (TPSA) is 17.8 Å². The molecule has 4 heteroatoms. The smallest absolute Gasteiger partial charge is 0.241 e. The molecule has 0 saturated heterocycles. The van der Waals surface area contributed by atoms with Gasteiger partial charge in [0.1, 0.15) is 0 Å². The molecular weight excluding hydrogens is 571 g/mol. The third-order valence-electron chi connectivity index (χ3n) is 8.70. The molecule has 0 aliphatic rings. The van der Waals surface area contributed by atoms with E-state index in [0.29, 0.717) is 6.71 Å². The summed E-state index contributed by atoms with van der Waals surface area (Å²) in [6.07, 6.45) is 5.96. The minimum atomic E-state index is -0.771. The molecule has 0 amide bonds. The second-order valence-corrected chi connectivity index (χ2v) is 14.1. The van der Waals surface area contributed by atoms with Crippen molar-refractivity contribution in [2.75, 3.05) is 0 Å². The van der Waals surface area contributed by atoms with Crippen LogP contribution in [0.5, 0.6) is 0 Å². The van der Waals surface area contributed by atoms with E-state index in [1.54, 1.807) is 0 Å². The Hall–Kier alpha value is -5.19. The van der Waals surface area contributed by atoms with Gasteiger partial charge < -0.3 is 4.57 Å². The van der Waals surface area contributed by atoms with Gasteiger partial charge in [-0.15, -0.1) is 0 Å². The maximum atomic E-state index is 4.40. The Labute approximate surface area is 276 Å². The average Bonchev–Trinajstić information content (AvgIpc) is 3.66. The molecule has 1 aromatic heterocycles. The molecule has 0 fully saturated rings. The highest BCUT2D eigenvalue weighted by Gasteiger charge is 2.36. The lowest BCUT2D eigenvalue weighted by atomic mass is 9.37. The van der Waals surface area contributed by atoms with Crippen molar-refractivity contribution in [2.24, 2.45) is 0 Å². The average molecular weight is 611 g/mol. The molecule has 0 N–H and O–H groups in total. The summed E-state index contributed by atoms with van der Waals surface area (Å²) < 4.78 is 2.31. The van der Waals surface area contributed by atoms with Crippen molar-refractivity contribution in [3.8, 4) is 0 Å². The number of imidazole rings is 1. The second kappa shape index (κ2) is 14.7. The van der Waals surface area contributed by atoms with Crippen molar-refractivity contribution in [3.05, 3.63) is 211 Å². The van der Waals surface area contributed by atoms with Crippen LogP contribution in [0.2, 0.25) is 0 Å². The minimum Gasteiger partial charge on any atom is -0.326 e. The second-order valence-electron chi connectivity index (χ2n) is 11.9. The van der Waals surface area contributed by atoms with Gasteiger partial charge in [-0.25, -0.2) is 4.98 Å². The van der Waals surface area contributed by atoms with Crippen LogP contribution in [0.4, 0.5) is 0 Å². The van der Waals surface area contributed by atoms with Crippen molar-refractivity contribution in [1.82, 2.24) is 9.55 Å². The van der Waals surface area contributed by atoms with Crippen LogP contribution in [0.15, 0.2) is 189 Å². The van der Waals surface area contributed by atoms with Crippen molar-refractivity contribution in [2.45, 2.75) is 19.0 Å². The molecular formula is C42H39BN2Si. The molecule has 7 aromatic rings. The first-order valence-corrected chi connectivity index (χ1v) is 17.4. The van der Waals surface area contributed by atoms with Crippen molar-refractivity contribution in [1.29, 1.82) is 0 Å². The first-order valence-electron chi connectivity index (χ1n) is 15.9. The number of aromatic nitrogens is 2. The summed E-state index contributed by atoms with van der Waals surface area (Å²) in [5.41, 5.74) is 9.21. The largest absolute Gasteiger partial charge is 0.326 e. The number of benzene rings is 6. The highest BCUT2D eigenvalue weighted by molar-refractivity contribution is 6.95. The Morgan fingerprint density at radius 2 is 0.891 bits per heavy atom. The molecule has 0 spiro atoms. The minimum absolute atomic E-state index is 0.209. The maximum absolute atomic E-state index is 4.40. The van der Waals surface area contributed by atoms with Crippen LogP contribution in [0.3, 0.4) is 0 Å². The Kier molecular flexibility index (Phi) is 9.87. The Morgan fingerprint density at radius 1 is 0.500 bits per heavy atom. The molecule has 0 radical (unpaired) electrons. The Bertz CT molecular complexity index is 1750. The monoisotopic (exact) mass is 610 g/mol. The molecule has 0 atom stereocenters. The molecule has 0 bridgehead atoms. The highest BCUT2D eigenvalue weighted by atomic mass is 28.2. The lowest BCUT2D eigenvalue weighted by Crippen LogP contribution is -2.51. The summed E-state index contributed by atoms with van der Waals surface area (Å²) in [5, 5.41) is 1.23. The zero-order chi connectivity index (χ0) is 31.6. The van der Waals surface area contributed by atoms with Crippen molar-refractivity contribution in [3.63, 3.8) is 0 Å². The van der Waals surface area contributed by atoms with Gasteiger partial charge in [-0.3, -0.25) is 0 Å². The number of hydrogen-bond donors (Lipinski definition) is 0. The van der Waals surface area contributed by atoms with E-state index in [-0.39, 0.29) is 5.16 Å². The third kappa shape index (κ3) is 7.04. The van der Waals surface area contributed by atoms with Gasteiger partial charge in [0.25, 0.3) is 0 Å². The predicted octanol–water partition coefficient (Wildman–Crippen LogP) is 5.95. The first kappa shape index (κ1) is 30.8. The summed E-state index contributed by atoms with van der Waals surface area (Å²) in [5.74, 6) is 0. The zero-order valence-corrected chi connectivity index (χ0v) is 28.0. The van der Waals surface area contributed by atoms with Gasteiger partial charge in [-0.2, -0.15) is 0 Å². The number of rotatable bonds is 8. The molecule has 0 saturated carbocycles. The van der Waals surface area contributed by atoms with E-state index >= 15 is 0 Å². The summed E-state index contributed by atoms with van der Waals surface area (Å²) in [6.45, 7) is 4.59. The van der Waals surface area contributed by atoms with Crippen LogP contribution in [0.1, 0.15) is 22.3 Å². The summed E-state index contributed by atoms with van der Waals surface area (Å²) >= 11 is 0. The van der Waals surface area contributed by atoms with Crippen LogP contribution in [0.25, 0.3) is 0 Å². The molecule has 224 valence electrons. The molecule has 0 aliphatic carbocycles. The molecule has 2 nitrogen and oxygen atoms in total. The lowest BCUT2D eigenvalue weighted by Gasteiger charge is -2.37. The van der Waals surface area contributed by atoms with E-state index < -0.39 is 9.52 Å². The van der Waals surface area contributed by atoms with Crippen LogP contribution in [-0.2, 0) is 5.16 Å². The highest BCUT2D eigenvalue weighted by Crippen LogP contribution is 2.33. The van der Waals surface area contributed by atoms with Gasteiger partial charge in [0, 0.05) is 12.4 Å². The fourth-order valence-electron chi connectivity index (χ4n) is 6.31. The lowest BCUT2D eigenvalue weighted by molar-refractivity contribution is 0.596. The van der Waals surface area contributed by atoms with Crippen LogP contribution >= 0.6 is 0 Å². The van der Waals surface area contributed by atoms with Gasteiger partial charge in [0.15, 0.2) is 0 Å². The van der Waals surface area contributed by atoms with Gasteiger partial charge in [-0.1, -0.05) is 203 Å². The van der Waals surface area contributed by atoms with Crippen molar-refractivity contribution >= 4 is 37.8 Å². The van der Waals surface area contributed by atoms with Gasteiger partial charge in [0.2, 0.25) is 6.71 Å². The maximum Gasteiger partial charge on any atom is 0.241 e. The number of nitrogens with zero attached hydrogens (tertiary/aromatic N) is 2. The predicted molar refractivity (Wildman–Crippen MR) is 199 cm³/mol. The molecule has 46 heavy (non-hydrogen) atoms. The number of aryl methyl sites for hydroxylation is 2. The van der Waals surface area contributed by atoms with Gasteiger partial charge in [-0.05, 0) is 25.0 Å². The zero-order valence-electron chi connectivity index (χ0n) is 26.6. The molecule has 7 rings (SSSR count). The van der Waals surface area contributed by atoms with E-state index in [1.165, 1.54) is 43.8 Å². The van der Waals surface area contributed by atoms with Gasteiger partial charge in [0.05, 0.1) is 21.0 Å². The van der Waals surface area contributed by atoms with E-state index in [1.807, 2.05) is 12.5 Å². The molecule has 1 heterocycles. The molecule has 6 aromatic carbocycles. The van der Waals surface area contributed by atoms with Gasteiger partial charge >= 0.3 is 0 Å². The summed E-state index contributed by atoms with van der Waals surface area (Å²) in [4.78, 5) is 4.40. The van der Waals surface area contributed by atoms with Crippen LogP contribution in [-0.4, -0.2) is 25.8 Å². The van der Waals surface area contributed by atoms with E-state index in [9.17, 15) is 0 Å². The number of hydrogen-bond acceptors (Lipinski definition) is 1. The summed E-state index contributed by atoms with van der Waals surface area (Å²) in [7, 11) is -0.771.